The van der Waals surface area contributed by atoms with Gasteiger partial charge in [0.1, 0.15) is 18.2 Å². The highest BCUT2D eigenvalue weighted by Gasteiger charge is 2.56. The molecule has 1 heterocycles. The topological polar surface area (TPSA) is 166 Å². The zero-order chi connectivity index (χ0) is 27.6. The van der Waals surface area contributed by atoms with Crippen LogP contribution in [0.15, 0.2) is 48.5 Å². The number of hydrogen-bond donors (Lipinski definition) is 4. The highest BCUT2D eigenvalue weighted by atomic mass is 16.2. The average Bonchev–Trinajstić information content (AvgIpc) is 3.59. The van der Waals surface area contributed by atoms with E-state index in [1.807, 2.05) is 6.92 Å². The van der Waals surface area contributed by atoms with Crippen molar-refractivity contribution in [3.63, 3.8) is 0 Å². The van der Waals surface area contributed by atoms with Crippen LogP contribution in [0.2, 0.25) is 0 Å². The van der Waals surface area contributed by atoms with Gasteiger partial charge in [0, 0.05) is 23.2 Å². The first-order valence-electron chi connectivity index (χ1n) is 12.9. The van der Waals surface area contributed by atoms with Gasteiger partial charge >= 0.3 is 0 Å². The third-order valence-electron chi connectivity index (χ3n) is 8.25. The van der Waals surface area contributed by atoms with Crippen molar-refractivity contribution < 1.29 is 14.4 Å². The number of rotatable bonds is 10. The van der Waals surface area contributed by atoms with Crippen molar-refractivity contribution in [3.8, 4) is 6.07 Å². The molecule has 198 valence electrons. The molecular formula is C29H34N6O3. The lowest BCUT2D eigenvalue weighted by Gasteiger charge is -2.37. The fourth-order valence-electron chi connectivity index (χ4n) is 6.05. The molecule has 2 aromatic carbocycles. The Kier molecular flexibility index (Phi) is 7.65. The Morgan fingerprint density at radius 1 is 1.16 bits per heavy atom. The van der Waals surface area contributed by atoms with Crippen LogP contribution >= 0.6 is 0 Å². The quantitative estimate of drug-likeness (QED) is 0.216. The van der Waals surface area contributed by atoms with Crippen molar-refractivity contribution in [2.24, 2.45) is 23.3 Å². The second-order valence-corrected chi connectivity index (χ2v) is 10.5. The smallest absolute Gasteiger partial charge is 0.248 e. The zero-order valence-corrected chi connectivity index (χ0v) is 21.7. The van der Waals surface area contributed by atoms with Gasteiger partial charge in [-0.15, -0.1) is 0 Å². The molecule has 0 aromatic heterocycles. The molecule has 0 bridgehead atoms. The van der Waals surface area contributed by atoms with Crippen molar-refractivity contribution in [1.29, 1.82) is 10.7 Å². The van der Waals surface area contributed by atoms with Gasteiger partial charge in [-0.1, -0.05) is 43.3 Å². The monoisotopic (exact) mass is 514 g/mol. The van der Waals surface area contributed by atoms with Crippen LogP contribution in [-0.2, 0) is 10.2 Å². The fourth-order valence-corrected chi connectivity index (χ4v) is 6.05. The summed E-state index contributed by atoms with van der Waals surface area (Å²) in [7, 11) is 0. The molecule has 2 aliphatic rings. The molecule has 6 N–H and O–H groups in total. The predicted molar refractivity (Wildman–Crippen MR) is 143 cm³/mol. The van der Waals surface area contributed by atoms with Crippen LogP contribution in [0.4, 0.5) is 0 Å². The Hall–Kier alpha value is -4.03. The normalized spacial score (nSPS) is 24.3. The van der Waals surface area contributed by atoms with Crippen LogP contribution < -0.4 is 16.8 Å². The zero-order valence-electron chi connectivity index (χ0n) is 21.7. The van der Waals surface area contributed by atoms with Gasteiger partial charge in [-0.05, 0) is 61.3 Å². The molecule has 4 rings (SSSR count). The number of likely N-dealkylation sites (tertiary alicyclic amines) is 1. The summed E-state index contributed by atoms with van der Waals surface area (Å²) in [6.45, 7) is 4.11. The molecule has 5 unspecified atom stereocenters. The maximum Gasteiger partial charge on any atom is 0.248 e. The number of carbonyl (C=O) groups excluding carboxylic acids is 3. The van der Waals surface area contributed by atoms with Gasteiger partial charge in [0.2, 0.25) is 11.8 Å². The van der Waals surface area contributed by atoms with Crippen LogP contribution in [0.25, 0.3) is 0 Å². The lowest BCUT2D eigenvalue weighted by Crippen LogP contribution is -2.51. The first-order valence-corrected chi connectivity index (χ1v) is 12.9. The van der Waals surface area contributed by atoms with Gasteiger partial charge in [0.25, 0.3) is 0 Å². The molecule has 9 heteroatoms. The van der Waals surface area contributed by atoms with E-state index < -0.39 is 17.4 Å². The number of amidine groups is 1. The van der Waals surface area contributed by atoms with E-state index in [1.165, 1.54) is 0 Å². The van der Waals surface area contributed by atoms with E-state index >= 15 is 0 Å². The SMILES string of the molecule is CC(CC(C(=N)N)(c1ccc(C=O)cc1)c1ccc(C(N)=O)cc1)NCC(=O)N1C(C#N)CCC2C1[C@H]2C. The number of nitriles is 1. The van der Waals surface area contributed by atoms with Gasteiger partial charge in [0.05, 0.1) is 18.0 Å². The van der Waals surface area contributed by atoms with Crippen LogP contribution in [0.1, 0.15) is 65.0 Å². The third-order valence-corrected chi connectivity index (χ3v) is 8.25. The predicted octanol–water partition coefficient (Wildman–Crippen LogP) is 2.34. The number of nitrogens with zero attached hydrogens (tertiary/aromatic N) is 2. The number of nitrogens with one attached hydrogen (secondary N) is 2. The minimum Gasteiger partial charge on any atom is -0.387 e. The molecule has 1 aliphatic heterocycles. The Labute approximate surface area is 222 Å². The first-order chi connectivity index (χ1) is 18.1. The Bertz CT molecular complexity index is 1270. The van der Waals surface area contributed by atoms with Crippen LogP contribution in [0.3, 0.4) is 0 Å². The number of aldehydes is 1. The summed E-state index contributed by atoms with van der Waals surface area (Å²) in [6, 6.07) is 15.3. The highest BCUT2D eigenvalue weighted by molar-refractivity contribution is 5.95. The van der Waals surface area contributed by atoms with E-state index in [-0.39, 0.29) is 30.4 Å². The molecule has 38 heavy (non-hydrogen) atoms. The van der Waals surface area contributed by atoms with E-state index in [0.717, 1.165) is 12.7 Å². The molecule has 1 saturated heterocycles. The average molecular weight is 515 g/mol. The lowest BCUT2D eigenvalue weighted by atomic mass is 9.69. The largest absolute Gasteiger partial charge is 0.387 e. The second kappa shape index (κ2) is 10.8. The molecule has 2 fully saturated rings. The number of amides is 2. The number of benzene rings is 2. The second-order valence-electron chi connectivity index (χ2n) is 10.5. The third kappa shape index (κ3) is 4.92. The minimum atomic E-state index is -1.09. The van der Waals surface area contributed by atoms with Gasteiger partial charge in [0.15, 0.2) is 0 Å². The maximum atomic E-state index is 13.2. The van der Waals surface area contributed by atoms with E-state index in [4.69, 9.17) is 16.9 Å². The van der Waals surface area contributed by atoms with E-state index in [0.29, 0.717) is 46.9 Å². The lowest BCUT2D eigenvalue weighted by molar-refractivity contribution is -0.133. The number of primary amides is 1. The molecule has 2 amide bonds. The number of hydrogen-bond acceptors (Lipinski definition) is 6. The van der Waals surface area contributed by atoms with Crippen molar-refractivity contribution in [3.05, 3.63) is 70.8 Å². The summed E-state index contributed by atoms with van der Waals surface area (Å²) in [5.74, 6) is 0.117. The molecule has 6 atom stereocenters. The van der Waals surface area contributed by atoms with Crippen LogP contribution in [0, 0.1) is 28.6 Å². The molecule has 1 saturated carbocycles. The van der Waals surface area contributed by atoms with E-state index in [1.54, 1.807) is 53.4 Å². The van der Waals surface area contributed by atoms with Gasteiger partial charge in [-0.25, -0.2) is 0 Å². The fraction of sp³-hybridized carbons (Fsp3) is 0.414. The summed E-state index contributed by atoms with van der Waals surface area (Å²) in [5.41, 5.74) is 12.8. The van der Waals surface area contributed by atoms with Crippen molar-refractivity contribution in [1.82, 2.24) is 10.2 Å². The molecular weight excluding hydrogens is 480 g/mol. The van der Waals surface area contributed by atoms with Crippen molar-refractivity contribution >= 4 is 23.9 Å². The Morgan fingerprint density at radius 2 is 1.76 bits per heavy atom. The molecule has 0 spiro atoms. The van der Waals surface area contributed by atoms with Gasteiger partial charge in [-0.3, -0.25) is 19.8 Å². The number of nitrogens with two attached hydrogens (primary N) is 2. The summed E-state index contributed by atoms with van der Waals surface area (Å²) in [4.78, 5) is 37.9. The highest BCUT2D eigenvalue weighted by Crippen LogP contribution is 2.50. The first kappa shape index (κ1) is 27.0. The van der Waals surface area contributed by atoms with Gasteiger partial charge in [-0.2, -0.15) is 5.26 Å². The van der Waals surface area contributed by atoms with Crippen molar-refractivity contribution in [2.75, 3.05) is 6.54 Å². The summed E-state index contributed by atoms with van der Waals surface area (Å²) < 4.78 is 0. The minimum absolute atomic E-state index is 0.0635. The number of piperidine rings is 1. The van der Waals surface area contributed by atoms with Crippen LogP contribution in [0.5, 0.6) is 0 Å². The Balaban J connectivity index is 1.59. The standard InChI is InChI=1S/C29H34N6O3/c1-17(34-15-25(37)35-23(14-30)11-12-24-18(2)26(24)35)13-29(28(32)33,21-7-3-19(16-36)4-8-21)22-9-5-20(6-10-22)27(31)38/h3-10,16-18,23-24,26,34H,11-13,15H2,1-2H3,(H2,31,38)(H3,32,33)/t17?,18-,23?,24?,26?,29?/m0/s1. The summed E-state index contributed by atoms with van der Waals surface area (Å²) in [5, 5.41) is 21.6. The maximum absolute atomic E-state index is 13.2. The van der Waals surface area contributed by atoms with E-state index in [9.17, 15) is 19.6 Å². The van der Waals surface area contributed by atoms with Crippen LogP contribution in [-0.4, -0.2) is 53.5 Å². The molecule has 1 aliphatic carbocycles. The summed E-state index contributed by atoms with van der Waals surface area (Å²) in [6.07, 6.45) is 2.76. The number of carbonyl (C=O) groups is 3. The van der Waals surface area contributed by atoms with Gasteiger partial charge < -0.3 is 21.7 Å². The Morgan fingerprint density at radius 3 is 2.29 bits per heavy atom. The number of fused-ring (bicyclic) bond motifs is 1. The van der Waals surface area contributed by atoms with E-state index in [2.05, 4.69) is 18.3 Å². The molecule has 2 aromatic rings. The van der Waals surface area contributed by atoms with Crippen molar-refractivity contribution in [2.45, 2.75) is 56.7 Å². The summed E-state index contributed by atoms with van der Waals surface area (Å²) >= 11 is 0. The molecule has 9 nitrogen and oxygen atoms in total. The molecule has 0 radical (unpaired) electrons.